The monoisotopic (exact) mass is 278 g/mol. The van der Waals surface area contributed by atoms with E-state index in [-0.39, 0.29) is 17.5 Å². The third kappa shape index (κ3) is 4.97. The second-order valence-electron chi connectivity index (χ2n) is 5.09. The van der Waals surface area contributed by atoms with Gasteiger partial charge in [-0.3, -0.25) is 14.6 Å². The van der Waals surface area contributed by atoms with Crippen molar-refractivity contribution in [2.45, 2.75) is 33.4 Å². The van der Waals surface area contributed by atoms with Gasteiger partial charge < -0.3 is 16.4 Å². The van der Waals surface area contributed by atoms with E-state index in [0.717, 1.165) is 5.56 Å². The number of aromatic nitrogens is 1. The van der Waals surface area contributed by atoms with Crippen molar-refractivity contribution in [1.82, 2.24) is 15.6 Å². The van der Waals surface area contributed by atoms with Gasteiger partial charge in [-0.25, -0.2) is 0 Å². The van der Waals surface area contributed by atoms with Crippen LogP contribution in [0.25, 0.3) is 0 Å². The average Bonchev–Trinajstić information content (AvgIpc) is 2.44. The minimum absolute atomic E-state index is 0.203. The van der Waals surface area contributed by atoms with Crippen molar-refractivity contribution >= 4 is 11.8 Å². The number of carbonyl (C=O) groups excluding carboxylic acids is 2. The van der Waals surface area contributed by atoms with Gasteiger partial charge in [0, 0.05) is 19.3 Å². The van der Waals surface area contributed by atoms with Crippen LogP contribution in [-0.2, 0) is 11.3 Å². The minimum Gasteiger partial charge on any atom is -0.354 e. The van der Waals surface area contributed by atoms with Crippen LogP contribution in [0, 0.1) is 5.92 Å². The van der Waals surface area contributed by atoms with Crippen molar-refractivity contribution in [1.29, 1.82) is 0 Å². The molecule has 1 heterocycles. The summed E-state index contributed by atoms with van der Waals surface area (Å²) in [5.41, 5.74) is 6.58. The third-order valence-electron chi connectivity index (χ3n) is 2.72. The molecule has 0 radical (unpaired) electrons. The molecule has 6 heteroatoms. The van der Waals surface area contributed by atoms with Crippen LogP contribution in [0.5, 0.6) is 0 Å². The number of hydrogen-bond acceptors (Lipinski definition) is 4. The quantitative estimate of drug-likeness (QED) is 0.703. The zero-order valence-corrected chi connectivity index (χ0v) is 12.1. The van der Waals surface area contributed by atoms with Gasteiger partial charge in [-0.15, -0.1) is 0 Å². The first kappa shape index (κ1) is 16.1. The van der Waals surface area contributed by atoms with Crippen LogP contribution in [0.3, 0.4) is 0 Å². The summed E-state index contributed by atoms with van der Waals surface area (Å²) >= 11 is 0. The Bertz CT molecular complexity index is 457. The predicted molar refractivity (Wildman–Crippen MR) is 76.9 cm³/mol. The molecule has 20 heavy (non-hydrogen) atoms. The maximum atomic E-state index is 11.9. The molecule has 4 N–H and O–H groups in total. The molecule has 0 aromatic carbocycles. The van der Waals surface area contributed by atoms with Gasteiger partial charge in [0.2, 0.25) is 5.91 Å². The molecule has 0 aliphatic carbocycles. The maximum absolute atomic E-state index is 11.9. The van der Waals surface area contributed by atoms with Crippen molar-refractivity contribution in [3.8, 4) is 0 Å². The molecule has 1 rings (SSSR count). The van der Waals surface area contributed by atoms with Crippen LogP contribution >= 0.6 is 0 Å². The highest BCUT2D eigenvalue weighted by Gasteiger charge is 2.17. The summed E-state index contributed by atoms with van der Waals surface area (Å²) in [7, 11) is 0. The Morgan fingerprint density at radius 1 is 1.30 bits per heavy atom. The molecule has 0 aliphatic heterocycles. The topological polar surface area (TPSA) is 97.1 Å². The molecular weight excluding hydrogens is 256 g/mol. The van der Waals surface area contributed by atoms with E-state index in [1.54, 1.807) is 25.3 Å². The van der Waals surface area contributed by atoms with Crippen LogP contribution < -0.4 is 16.4 Å². The van der Waals surface area contributed by atoms with Gasteiger partial charge in [-0.2, -0.15) is 0 Å². The Balaban J connectivity index is 2.53. The fourth-order valence-electron chi connectivity index (χ4n) is 1.47. The molecule has 0 saturated heterocycles. The van der Waals surface area contributed by atoms with Crippen LogP contribution in [-0.4, -0.2) is 29.4 Å². The van der Waals surface area contributed by atoms with Gasteiger partial charge in [0.15, 0.2) is 0 Å². The van der Waals surface area contributed by atoms with Crippen molar-refractivity contribution in [2.75, 3.05) is 6.54 Å². The van der Waals surface area contributed by atoms with E-state index in [9.17, 15) is 9.59 Å². The highest BCUT2D eigenvalue weighted by molar-refractivity contribution is 5.95. The van der Waals surface area contributed by atoms with E-state index < -0.39 is 6.04 Å². The number of amides is 2. The second kappa shape index (κ2) is 7.59. The van der Waals surface area contributed by atoms with E-state index in [1.807, 2.05) is 13.8 Å². The summed E-state index contributed by atoms with van der Waals surface area (Å²) in [5.74, 6) is -0.210. The normalized spacial score (nSPS) is 12.1. The summed E-state index contributed by atoms with van der Waals surface area (Å²) in [5, 5.41) is 5.38. The summed E-state index contributed by atoms with van der Waals surface area (Å²) < 4.78 is 0. The van der Waals surface area contributed by atoms with Gasteiger partial charge in [-0.05, 0) is 24.5 Å². The average molecular weight is 278 g/mol. The van der Waals surface area contributed by atoms with Crippen LogP contribution in [0.4, 0.5) is 0 Å². The lowest BCUT2D eigenvalue weighted by atomic mass is 10.2. The number of rotatable bonds is 6. The van der Waals surface area contributed by atoms with E-state index in [4.69, 9.17) is 5.73 Å². The second-order valence-corrected chi connectivity index (χ2v) is 5.09. The minimum atomic E-state index is -0.600. The van der Waals surface area contributed by atoms with Gasteiger partial charge in [0.05, 0.1) is 0 Å². The first-order valence-corrected chi connectivity index (χ1v) is 6.67. The molecule has 0 fully saturated rings. The van der Waals surface area contributed by atoms with Crippen molar-refractivity contribution < 1.29 is 9.59 Å². The first-order chi connectivity index (χ1) is 9.43. The van der Waals surface area contributed by atoms with Crippen LogP contribution in [0.1, 0.15) is 36.8 Å². The van der Waals surface area contributed by atoms with Gasteiger partial charge in [-0.1, -0.05) is 19.9 Å². The van der Waals surface area contributed by atoms with Gasteiger partial charge in [0.25, 0.3) is 5.91 Å². The summed E-state index contributed by atoms with van der Waals surface area (Å²) in [6.45, 7) is 6.62. The molecule has 1 aromatic rings. The number of nitrogens with zero attached hydrogens (tertiary/aromatic N) is 1. The Morgan fingerprint density at radius 3 is 2.50 bits per heavy atom. The fourth-order valence-corrected chi connectivity index (χ4v) is 1.47. The summed E-state index contributed by atoms with van der Waals surface area (Å²) in [6.07, 6.45) is 1.55. The molecule has 2 amide bonds. The highest BCUT2D eigenvalue weighted by Crippen LogP contribution is 2.00. The molecule has 1 atom stereocenters. The Kier molecular flexibility index (Phi) is 6.11. The molecule has 0 aliphatic rings. The van der Waals surface area contributed by atoms with Crippen molar-refractivity contribution in [3.63, 3.8) is 0 Å². The molecule has 0 bridgehead atoms. The molecule has 1 aromatic heterocycles. The first-order valence-electron chi connectivity index (χ1n) is 6.67. The Morgan fingerprint density at radius 2 is 2.00 bits per heavy atom. The van der Waals surface area contributed by atoms with E-state index in [0.29, 0.717) is 19.0 Å². The molecule has 0 saturated carbocycles. The molecular formula is C14H22N4O2. The van der Waals surface area contributed by atoms with Crippen molar-refractivity contribution in [3.05, 3.63) is 29.6 Å². The molecule has 1 unspecified atom stereocenters. The number of nitrogens with one attached hydrogen (secondary N) is 2. The largest absolute Gasteiger partial charge is 0.354 e. The third-order valence-corrected chi connectivity index (χ3v) is 2.72. The number of pyridine rings is 1. The summed E-state index contributed by atoms with van der Waals surface area (Å²) in [4.78, 5) is 27.7. The lowest BCUT2D eigenvalue weighted by Gasteiger charge is -2.15. The van der Waals surface area contributed by atoms with Gasteiger partial charge >= 0.3 is 0 Å². The van der Waals surface area contributed by atoms with E-state index in [1.165, 1.54) is 0 Å². The Labute approximate surface area is 119 Å². The SMILES string of the molecule is CC(C)CNC(=O)C(C)NC(=O)c1ccc(CN)cn1. The fraction of sp³-hybridized carbons (Fsp3) is 0.500. The number of carbonyl (C=O) groups is 2. The lowest BCUT2D eigenvalue weighted by molar-refractivity contribution is -0.122. The summed E-state index contributed by atoms with van der Waals surface area (Å²) in [6, 6.07) is 2.74. The molecule has 6 nitrogen and oxygen atoms in total. The number of nitrogens with two attached hydrogens (primary N) is 1. The standard InChI is InChI=1S/C14H22N4O2/c1-9(2)7-17-13(19)10(3)18-14(20)12-5-4-11(6-15)8-16-12/h4-5,8-10H,6-7,15H2,1-3H3,(H,17,19)(H,18,20). The highest BCUT2D eigenvalue weighted by atomic mass is 16.2. The van der Waals surface area contributed by atoms with E-state index in [2.05, 4.69) is 15.6 Å². The zero-order chi connectivity index (χ0) is 15.1. The van der Waals surface area contributed by atoms with Crippen LogP contribution in [0.2, 0.25) is 0 Å². The van der Waals surface area contributed by atoms with Gasteiger partial charge in [0.1, 0.15) is 11.7 Å². The maximum Gasteiger partial charge on any atom is 0.270 e. The predicted octanol–water partition coefficient (Wildman–Crippen LogP) is 0.431. The smallest absolute Gasteiger partial charge is 0.270 e. The zero-order valence-electron chi connectivity index (χ0n) is 12.1. The molecule has 0 spiro atoms. The lowest BCUT2D eigenvalue weighted by Crippen LogP contribution is -2.45. The molecule has 110 valence electrons. The van der Waals surface area contributed by atoms with Crippen LogP contribution in [0.15, 0.2) is 18.3 Å². The van der Waals surface area contributed by atoms with Crippen molar-refractivity contribution in [2.24, 2.45) is 11.7 Å². The van der Waals surface area contributed by atoms with E-state index >= 15 is 0 Å². The Hall–Kier alpha value is -1.95. The number of hydrogen-bond donors (Lipinski definition) is 3.